The second kappa shape index (κ2) is 12.1. The van der Waals surface area contributed by atoms with Gasteiger partial charge < -0.3 is 14.8 Å². The van der Waals surface area contributed by atoms with E-state index >= 15 is 0 Å². The topological polar surface area (TPSA) is 144 Å². The Bertz CT molecular complexity index is 1680. The van der Waals surface area contributed by atoms with Crippen LogP contribution in [0.25, 0.3) is 0 Å². The molecule has 2 N–H and O–H groups in total. The number of aromatic nitrogens is 1. The molecule has 208 valence electrons. The standard InChI is InChI=1S/C27H26N4O7S2/c1-37-25-15-12-22(17-26(25)38-2)31(40(35,36)24-8-4-3-5-9-24)19-27(32)29-20-10-13-23(14-11-20)39(33,34)30-21-7-6-16-28-18-21/h3-18,30H,19H2,1-2H3,(H,29,32). The highest BCUT2D eigenvalue weighted by Gasteiger charge is 2.28. The molecule has 0 bridgehead atoms. The normalized spacial score (nSPS) is 11.3. The van der Waals surface area contributed by atoms with E-state index in [2.05, 4.69) is 15.0 Å². The number of pyridine rings is 1. The van der Waals surface area contributed by atoms with Crippen molar-refractivity contribution in [3.8, 4) is 11.5 Å². The highest BCUT2D eigenvalue weighted by molar-refractivity contribution is 7.93. The Morgan fingerprint density at radius 2 is 1.50 bits per heavy atom. The lowest BCUT2D eigenvalue weighted by Gasteiger charge is -2.25. The maximum atomic E-state index is 13.6. The molecule has 0 aliphatic rings. The first-order chi connectivity index (χ1) is 19.1. The molecule has 13 heteroatoms. The van der Waals surface area contributed by atoms with Gasteiger partial charge >= 0.3 is 0 Å². The number of hydrogen-bond donors (Lipinski definition) is 2. The summed E-state index contributed by atoms with van der Waals surface area (Å²) in [4.78, 5) is 16.9. The molecule has 0 spiro atoms. The molecule has 4 aromatic rings. The molecule has 0 saturated heterocycles. The van der Waals surface area contributed by atoms with Crippen molar-refractivity contribution in [3.05, 3.63) is 97.3 Å². The summed E-state index contributed by atoms with van der Waals surface area (Å²) in [6.07, 6.45) is 2.90. The smallest absolute Gasteiger partial charge is 0.264 e. The van der Waals surface area contributed by atoms with E-state index in [9.17, 15) is 21.6 Å². The summed E-state index contributed by atoms with van der Waals surface area (Å²) in [5.41, 5.74) is 0.754. The molecule has 4 rings (SSSR count). The van der Waals surface area contributed by atoms with Crippen LogP contribution >= 0.6 is 0 Å². The van der Waals surface area contributed by atoms with Gasteiger partial charge in [0.1, 0.15) is 6.54 Å². The molecule has 0 aliphatic heterocycles. The Hall–Kier alpha value is -4.62. The maximum absolute atomic E-state index is 13.6. The zero-order valence-electron chi connectivity index (χ0n) is 21.5. The maximum Gasteiger partial charge on any atom is 0.264 e. The summed E-state index contributed by atoms with van der Waals surface area (Å²) in [7, 11) is -5.18. The number of nitrogens with zero attached hydrogens (tertiary/aromatic N) is 2. The first-order valence-electron chi connectivity index (χ1n) is 11.8. The third kappa shape index (κ3) is 6.50. The molecule has 0 saturated carbocycles. The number of carbonyl (C=O) groups is 1. The average Bonchev–Trinajstić information content (AvgIpc) is 2.96. The lowest BCUT2D eigenvalue weighted by atomic mass is 10.2. The van der Waals surface area contributed by atoms with Crippen molar-refractivity contribution in [2.75, 3.05) is 35.1 Å². The van der Waals surface area contributed by atoms with Gasteiger partial charge in [-0.3, -0.25) is 18.8 Å². The van der Waals surface area contributed by atoms with Gasteiger partial charge in [-0.05, 0) is 60.7 Å². The largest absolute Gasteiger partial charge is 0.493 e. The fourth-order valence-corrected chi connectivity index (χ4v) is 6.18. The number of sulfonamides is 2. The fraction of sp³-hybridized carbons (Fsp3) is 0.111. The molecule has 1 heterocycles. The quantitative estimate of drug-likeness (QED) is 0.272. The molecule has 0 aliphatic carbocycles. The minimum Gasteiger partial charge on any atom is -0.493 e. The van der Waals surface area contributed by atoms with Crippen molar-refractivity contribution in [1.29, 1.82) is 0 Å². The Labute approximate surface area is 232 Å². The van der Waals surface area contributed by atoms with E-state index < -0.39 is 32.5 Å². The summed E-state index contributed by atoms with van der Waals surface area (Å²) in [6, 6.07) is 20.8. The van der Waals surface area contributed by atoms with E-state index in [1.54, 1.807) is 30.3 Å². The predicted molar refractivity (Wildman–Crippen MR) is 151 cm³/mol. The van der Waals surface area contributed by atoms with Crippen LogP contribution in [0.1, 0.15) is 0 Å². The van der Waals surface area contributed by atoms with E-state index in [1.807, 2.05) is 0 Å². The molecular weight excluding hydrogens is 556 g/mol. The van der Waals surface area contributed by atoms with Crippen molar-refractivity contribution < 1.29 is 31.1 Å². The van der Waals surface area contributed by atoms with Gasteiger partial charge in [0.25, 0.3) is 20.0 Å². The molecule has 0 fully saturated rings. The Morgan fingerprint density at radius 3 is 2.12 bits per heavy atom. The van der Waals surface area contributed by atoms with Crippen molar-refractivity contribution >= 4 is 43.0 Å². The van der Waals surface area contributed by atoms with Gasteiger partial charge in [0, 0.05) is 18.0 Å². The first kappa shape index (κ1) is 28.4. The van der Waals surface area contributed by atoms with Gasteiger partial charge in [0.2, 0.25) is 5.91 Å². The van der Waals surface area contributed by atoms with E-state index in [4.69, 9.17) is 9.47 Å². The number of methoxy groups -OCH3 is 2. The SMILES string of the molecule is COc1ccc(N(CC(=O)Nc2ccc(S(=O)(=O)Nc3cccnc3)cc2)S(=O)(=O)c2ccccc2)cc1OC. The third-order valence-corrected chi connectivity index (χ3v) is 8.82. The number of benzene rings is 3. The minimum atomic E-state index is -4.16. The highest BCUT2D eigenvalue weighted by Crippen LogP contribution is 2.33. The van der Waals surface area contributed by atoms with Crippen molar-refractivity contribution in [2.24, 2.45) is 0 Å². The molecule has 0 atom stereocenters. The lowest BCUT2D eigenvalue weighted by molar-refractivity contribution is -0.114. The first-order valence-corrected chi connectivity index (χ1v) is 14.7. The van der Waals surface area contributed by atoms with Gasteiger partial charge in [-0.1, -0.05) is 18.2 Å². The number of ether oxygens (including phenoxy) is 2. The fourth-order valence-electron chi connectivity index (χ4n) is 3.70. The van der Waals surface area contributed by atoms with E-state index in [-0.39, 0.29) is 26.9 Å². The summed E-state index contributed by atoms with van der Waals surface area (Å²) in [5, 5.41) is 2.62. The molecule has 11 nitrogen and oxygen atoms in total. The van der Waals surface area contributed by atoms with Crippen LogP contribution in [0.15, 0.2) is 107 Å². The number of amides is 1. The second-order valence-electron chi connectivity index (χ2n) is 8.28. The van der Waals surface area contributed by atoms with Crippen LogP contribution in [0.5, 0.6) is 11.5 Å². The summed E-state index contributed by atoms with van der Waals surface area (Å²) in [5.74, 6) is 0.0181. The van der Waals surface area contributed by atoms with Crippen LogP contribution in [0.3, 0.4) is 0 Å². The monoisotopic (exact) mass is 582 g/mol. The van der Waals surface area contributed by atoms with Crippen molar-refractivity contribution in [1.82, 2.24) is 4.98 Å². The lowest BCUT2D eigenvalue weighted by Crippen LogP contribution is -2.38. The minimum absolute atomic E-state index is 0.00624. The number of rotatable bonds is 11. The number of carbonyl (C=O) groups excluding carboxylic acids is 1. The third-order valence-electron chi connectivity index (χ3n) is 5.64. The van der Waals surface area contributed by atoms with E-state index in [1.165, 1.54) is 81.2 Å². The number of nitrogens with one attached hydrogen (secondary N) is 2. The van der Waals surface area contributed by atoms with Crippen LogP contribution in [0.2, 0.25) is 0 Å². The molecule has 40 heavy (non-hydrogen) atoms. The molecule has 0 unspecified atom stereocenters. The second-order valence-corrected chi connectivity index (χ2v) is 11.8. The molecule has 1 aromatic heterocycles. The van der Waals surface area contributed by atoms with Crippen LogP contribution in [-0.2, 0) is 24.8 Å². The summed E-state index contributed by atoms with van der Waals surface area (Å²) < 4.78 is 66.4. The average molecular weight is 583 g/mol. The van der Waals surface area contributed by atoms with Gasteiger partial charge in [-0.2, -0.15) is 0 Å². The zero-order valence-corrected chi connectivity index (χ0v) is 23.1. The van der Waals surface area contributed by atoms with Crippen LogP contribution in [0, 0.1) is 0 Å². The number of anilines is 3. The van der Waals surface area contributed by atoms with Gasteiger partial charge in [0.05, 0.1) is 41.6 Å². The molecule has 1 amide bonds. The van der Waals surface area contributed by atoms with Crippen LogP contribution in [0.4, 0.5) is 17.1 Å². The predicted octanol–water partition coefficient (Wildman–Crippen LogP) is 3.73. The molecular formula is C27H26N4O7S2. The van der Waals surface area contributed by atoms with E-state index in [0.717, 1.165) is 4.31 Å². The summed E-state index contributed by atoms with van der Waals surface area (Å²) >= 11 is 0. The molecule has 3 aromatic carbocycles. The Morgan fingerprint density at radius 1 is 0.800 bits per heavy atom. The molecule has 0 radical (unpaired) electrons. The number of hydrogen-bond acceptors (Lipinski definition) is 8. The van der Waals surface area contributed by atoms with Crippen molar-refractivity contribution in [3.63, 3.8) is 0 Å². The zero-order chi connectivity index (χ0) is 28.8. The van der Waals surface area contributed by atoms with Crippen molar-refractivity contribution in [2.45, 2.75) is 9.79 Å². The summed E-state index contributed by atoms with van der Waals surface area (Å²) in [6.45, 7) is -0.574. The van der Waals surface area contributed by atoms with E-state index in [0.29, 0.717) is 11.4 Å². The van der Waals surface area contributed by atoms with Crippen LogP contribution in [-0.4, -0.2) is 48.5 Å². The van der Waals surface area contributed by atoms with Gasteiger partial charge in [-0.15, -0.1) is 0 Å². The Kier molecular flexibility index (Phi) is 8.55. The Balaban J connectivity index is 1.57. The van der Waals surface area contributed by atoms with Gasteiger partial charge in [0.15, 0.2) is 11.5 Å². The highest BCUT2D eigenvalue weighted by atomic mass is 32.2. The van der Waals surface area contributed by atoms with Gasteiger partial charge in [-0.25, -0.2) is 16.8 Å². The van der Waals surface area contributed by atoms with Crippen LogP contribution < -0.4 is 23.8 Å².